The maximum absolute atomic E-state index is 13.9. The van der Waals surface area contributed by atoms with Gasteiger partial charge in [-0.25, -0.2) is 19.6 Å². The van der Waals surface area contributed by atoms with Crippen molar-refractivity contribution in [1.29, 1.82) is 0 Å². The number of methoxy groups -OCH3 is 1. The van der Waals surface area contributed by atoms with Crippen molar-refractivity contribution in [2.75, 3.05) is 26.7 Å². The molecule has 0 radical (unpaired) electrons. The maximum Gasteiger partial charge on any atom is 0.330 e. The number of rotatable bonds is 5. The first-order chi connectivity index (χ1) is 15.1. The highest BCUT2D eigenvalue weighted by Gasteiger charge is 2.23. The molecular formula is C22H23FN6O2. The van der Waals surface area contributed by atoms with Crippen LogP contribution < -0.4 is 20.9 Å². The zero-order valence-corrected chi connectivity index (χ0v) is 17.0. The van der Waals surface area contributed by atoms with Gasteiger partial charge in [0.25, 0.3) is 0 Å². The average Bonchev–Trinajstić information content (AvgIpc) is 3.40. The van der Waals surface area contributed by atoms with Crippen LogP contribution in [0.1, 0.15) is 12.1 Å². The SMILES string of the molecule is COc1ccc(F)cc1-c1ccnc2[nH]c(C3=CCN(CC4NNC(=O)N4)CC3)cc12. The van der Waals surface area contributed by atoms with Gasteiger partial charge in [-0.15, -0.1) is 0 Å². The second-order valence-electron chi connectivity index (χ2n) is 7.68. The summed E-state index contributed by atoms with van der Waals surface area (Å²) >= 11 is 0. The summed E-state index contributed by atoms with van der Waals surface area (Å²) in [6, 6.07) is 8.28. The van der Waals surface area contributed by atoms with E-state index in [1.807, 2.05) is 6.07 Å². The van der Waals surface area contributed by atoms with E-state index in [0.717, 1.165) is 48.3 Å². The van der Waals surface area contributed by atoms with E-state index in [1.165, 1.54) is 17.7 Å². The molecule has 4 heterocycles. The van der Waals surface area contributed by atoms with E-state index in [1.54, 1.807) is 19.4 Å². The molecule has 2 aliphatic heterocycles. The number of halogens is 1. The van der Waals surface area contributed by atoms with E-state index >= 15 is 0 Å². The molecule has 31 heavy (non-hydrogen) atoms. The number of nitrogens with one attached hydrogen (secondary N) is 4. The fourth-order valence-electron chi connectivity index (χ4n) is 4.18. The monoisotopic (exact) mass is 422 g/mol. The van der Waals surface area contributed by atoms with Crippen LogP contribution in [0.15, 0.2) is 42.6 Å². The van der Waals surface area contributed by atoms with Crippen molar-refractivity contribution in [3.05, 3.63) is 54.1 Å². The van der Waals surface area contributed by atoms with Crippen molar-refractivity contribution in [3.8, 4) is 16.9 Å². The van der Waals surface area contributed by atoms with Crippen LogP contribution in [0.2, 0.25) is 0 Å². The van der Waals surface area contributed by atoms with Crippen molar-refractivity contribution < 1.29 is 13.9 Å². The van der Waals surface area contributed by atoms with Gasteiger partial charge in [0.2, 0.25) is 0 Å². The van der Waals surface area contributed by atoms with Crippen LogP contribution in [-0.2, 0) is 0 Å². The average molecular weight is 422 g/mol. The topological polar surface area (TPSA) is 94.3 Å². The zero-order chi connectivity index (χ0) is 21.4. The summed E-state index contributed by atoms with van der Waals surface area (Å²) < 4.78 is 19.4. The first-order valence-electron chi connectivity index (χ1n) is 10.2. The molecule has 3 aromatic rings. The molecule has 1 fully saturated rings. The Morgan fingerprint density at radius 1 is 1.26 bits per heavy atom. The predicted octanol–water partition coefficient (Wildman–Crippen LogP) is 2.61. The summed E-state index contributed by atoms with van der Waals surface area (Å²) in [6.45, 7) is 2.39. The Hall–Kier alpha value is -3.43. The molecule has 1 atom stereocenters. The molecule has 5 rings (SSSR count). The van der Waals surface area contributed by atoms with Gasteiger partial charge in [-0.05, 0) is 47.9 Å². The third kappa shape index (κ3) is 3.85. The third-order valence-electron chi connectivity index (χ3n) is 5.73. The molecule has 4 N–H and O–H groups in total. The van der Waals surface area contributed by atoms with Crippen LogP contribution in [0.3, 0.4) is 0 Å². The molecule has 2 aromatic heterocycles. The first-order valence-corrected chi connectivity index (χ1v) is 10.2. The molecule has 9 heteroatoms. The minimum Gasteiger partial charge on any atom is -0.496 e. The second kappa shape index (κ2) is 8.01. The lowest BCUT2D eigenvalue weighted by molar-refractivity contribution is 0.243. The van der Waals surface area contributed by atoms with Crippen molar-refractivity contribution in [1.82, 2.24) is 31.0 Å². The van der Waals surface area contributed by atoms with Crippen LogP contribution in [0.5, 0.6) is 5.75 Å². The Balaban J connectivity index is 1.41. The Morgan fingerprint density at radius 3 is 2.90 bits per heavy atom. The van der Waals surface area contributed by atoms with Crippen LogP contribution >= 0.6 is 0 Å². The normalized spacial score (nSPS) is 19.2. The Labute approximate surface area is 178 Å². The highest BCUT2D eigenvalue weighted by molar-refractivity contribution is 5.96. The van der Waals surface area contributed by atoms with Crippen LogP contribution in [-0.4, -0.2) is 53.8 Å². The lowest BCUT2D eigenvalue weighted by atomic mass is 10.0. The van der Waals surface area contributed by atoms with Gasteiger partial charge >= 0.3 is 6.03 Å². The Bertz CT molecular complexity index is 1170. The van der Waals surface area contributed by atoms with Crippen LogP contribution in [0.4, 0.5) is 9.18 Å². The number of aromatic amines is 1. The number of fused-ring (bicyclic) bond motifs is 1. The minimum atomic E-state index is -0.310. The molecule has 1 saturated heterocycles. The van der Waals surface area contributed by atoms with Crippen molar-refractivity contribution >= 4 is 22.6 Å². The number of carbonyl (C=O) groups is 1. The Kier molecular flexibility index (Phi) is 5.05. The molecule has 160 valence electrons. The lowest BCUT2D eigenvalue weighted by Crippen LogP contribution is -2.45. The minimum absolute atomic E-state index is 0.0940. The molecule has 0 spiro atoms. The first kappa shape index (κ1) is 19.5. The number of ether oxygens (including phenoxy) is 1. The van der Waals surface area contributed by atoms with Gasteiger partial charge < -0.3 is 15.0 Å². The van der Waals surface area contributed by atoms with Gasteiger partial charge in [0.05, 0.1) is 7.11 Å². The van der Waals surface area contributed by atoms with Crippen molar-refractivity contribution in [2.24, 2.45) is 0 Å². The summed E-state index contributed by atoms with van der Waals surface area (Å²) in [6.07, 6.45) is 4.69. The number of hydrogen-bond acceptors (Lipinski definition) is 5. The maximum atomic E-state index is 13.9. The van der Waals surface area contributed by atoms with Crippen molar-refractivity contribution in [2.45, 2.75) is 12.6 Å². The van der Waals surface area contributed by atoms with Gasteiger partial charge in [0, 0.05) is 42.5 Å². The highest BCUT2D eigenvalue weighted by atomic mass is 19.1. The fraction of sp³-hybridized carbons (Fsp3) is 0.273. The number of hydrogen-bond donors (Lipinski definition) is 4. The molecular weight excluding hydrogens is 399 g/mol. The quantitative estimate of drug-likeness (QED) is 0.507. The standard InChI is InChI=1S/C22H23FN6O2/c1-31-19-3-2-14(23)10-16(19)15-4-7-24-21-17(15)11-18(25-21)13-5-8-29(9-6-13)12-20-26-22(30)28-27-20/h2-5,7,10-11,20,27H,6,8-9,12H2,1H3,(H,24,25)(H2,26,28,30). The number of H-pyrrole nitrogens is 1. The molecule has 8 nitrogen and oxygen atoms in total. The van der Waals surface area contributed by atoms with Crippen LogP contribution in [0, 0.1) is 5.82 Å². The summed E-state index contributed by atoms with van der Waals surface area (Å²) in [5.74, 6) is 0.307. The number of amides is 2. The summed E-state index contributed by atoms with van der Waals surface area (Å²) in [7, 11) is 1.58. The van der Waals surface area contributed by atoms with Gasteiger partial charge in [0.15, 0.2) is 0 Å². The fourth-order valence-corrected chi connectivity index (χ4v) is 4.18. The lowest BCUT2D eigenvalue weighted by Gasteiger charge is -2.27. The van der Waals surface area contributed by atoms with Gasteiger partial charge in [0.1, 0.15) is 23.4 Å². The number of nitrogens with zero attached hydrogens (tertiary/aromatic N) is 2. The van der Waals surface area contributed by atoms with E-state index in [4.69, 9.17) is 4.74 Å². The number of hydrazine groups is 1. The second-order valence-corrected chi connectivity index (χ2v) is 7.68. The van der Waals surface area contributed by atoms with Crippen molar-refractivity contribution in [3.63, 3.8) is 0 Å². The van der Waals surface area contributed by atoms with E-state index in [-0.39, 0.29) is 18.0 Å². The molecule has 2 amide bonds. The summed E-state index contributed by atoms with van der Waals surface area (Å²) in [4.78, 5) is 21.4. The van der Waals surface area contributed by atoms with Gasteiger partial charge in [-0.3, -0.25) is 10.3 Å². The van der Waals surface area contributed by atoms with Gasteiger partial charge in [-0.2, -0.15) is 0 Å². The number of aromatic nitrogens is 2. The molecule has 1 aromatic carbocycles. The number of benzene rings is 1. The zero-order valence-electron chi connectivity index (χ0n) is 17.0. The summed E-state index contributed by atoms with van der Waals surface area (Å²) in [5.41, 5.74) is 10.0. The number of carbonyl (C=O) groups excluding carboxylic acids is 1. The highest BCUT2D eigenvalue weighted by Crippen LogP contribution is 2.36. The Morgan fingerprint density at radius 2 is 2.16 bits per heavy atom. The molecule has 0 aliphatic carbocycles. The molecule has 2 aliphatic rings. The van der Waals surface area contributed by atoms with Gasteiger partial charge in [-0.1, -0.05) is 6.08 Å². The van der Waals surface area contributed by atoms with E-state index < -0.39 is 0 Å². The van der Waals surface area contributed by atoms with Crippen LogP contribution in [0.25, 0.3) is 27.7 Å². The number of pyridine rings is 1. The van der Waals surface area contributed by atoms with E-state index in [2.05, 4.69) is 43.2 Å². The largest absolute Gasteiger partial charge is 0.496 e. The summed E-state index contributed by atoms with van der Waals surface area (Å²) in [5, 5.41) is 3.75. The third-order valence-corrected chi connectivity index (χ3v) is 5.73. The smallest absolute Gasteiger partial charge is 0.330 e. The number of urea groups is 1. The molecule has 0 saturated carbocycles. The predicted molar refractivity (Wildman–Crippen MR) is 116 cm³/mol. The molecule has 1 unspecified atom stereocenters. The van der Waals surface area contributed by atoms with E-state index in [0.29, 0.717) is 11.3 Å². The van der Waals surface area contributed by atoms with E-state index in [9.17, 15) is 9.18 Å². The molecule has 0 bridgehead atoms.